The average Bonchev–Trinajstić information content (AvgIpc) is 2.49. The number of nitrogens with zero attached hydrogens (tertiary/aromatic N) is 1. The van der Waals surface area contributed by atoms with Gasteiger partial charge >= 0.3 is 0 Å². The van der Waals surface area contributed by atoms with Crippen LogP contribution in [0.15, 0.2) is 29.3 Å². The minimum Gasteiger partial charge on any atom is -0.392 e. The van der Waals surface area contributed by atoms with E-state index in [0.717, 1.165) is 43.2 Å². The molecule has 0 aliphatic rings. The van der Waals surface area contributed by atoms with Crippen molar-refractivity contribution in [3.63, 3.8) is 0 Å². The normalized spacial score (nSPS) is 11.4. The molecular formula is C15H25N3O2. The number of rotatable bonds is 8. The number of ether oxygens (including phenoxy) is 1. The van der Waals surface area contributed by atoms with Crippen LogP contribution in [0, 0.1) is 0 Å². The molecule has 0 atom stereocenters. The first-order valence-corrected chi connectivity index (χ1v) is 7.00. The molecular weight excluding hydrogens is 254 g/mol. The Morgan fingerprint density at radius 1 is 1.25 bits per heavy atom. The summed E-state index contributed by atoms with van der Waals surface area (Å²) in [6.45, 7) is 5.01. The lowest BCUT2D eigenvalue weighted by atomic mass is 10.1. The average molecular weight is 279 g/mol. The summed E-state index contributed by atoms with van der Waals surface area (Å²) in [5.41, 5.74) is 1.97. The quantitative estimate of drug-likeness (QED) is 0.381. The molecule has 0 aromatic heterocycles. The van der Waals surface area contributed by atoms with E-state index in [1.165, 1.54) is 0 Å². The topological polar surface area (TPSA) is 65.9 Å². The second kappa shape index (κ2) is 10.2. The molecule has 1 aromatic carbocycles. The Kier molecular flexibility index (Phi) is 8.42. The Balaban J connectivity index is 2.57. The SMILES string of the molecule is CCNC(=NCc1ccccc1CO)NCCCOC. The number of aliphatic imine (C=N–C) groups is 1. The summed E-state index contributed by atoms with van der Waals surface area (Å²) in [7, 11) is 1.70. The standard InChI is InChI=1S/C15H25N3O2/c1-3-16-15(17-9-6-10-20-2)18-11-13-7-4-5-8-14(13)12-19/h4-5,7-8,19H,3,6,9-12H2,1-2H3,(H2,16,17,18). The fraction of sp³-hybridized carbons (Fsp3) is 0.533. The monoisotopic (exact) mass is 279 g/mol. The molecule has 0 spiro atoms. The second-order valence-electron chi connectivity index (χ2n) is 4.40. The van der Waals surface area contributed by atoms with E-state index < -0.39 is 0 Å². The molecule has 0 aliphatic heterocycles. The first-order valence-electron chi connectivity index (χ1n) is 7.00. The summed E-state index contributed by atoms with van der Waals surface area (Å²) in [5.74, 6) is 0.788. The fourth-order valence-electron chi connectivity index (χ4n) is 1.80. The van der Waals surface area contributed by atoms with E-state index in [0.29, 0.717) is 6.54 Å². The highest BCUT2D eigenvalue weighted by atomic mass is 16.5. The van der Waals surface area contributed by atoms with Crippen molar-refractivity contribution in [1.82, 2.24) is 10.6 Å². The Bertz CT molecular complexity index is 408. The molecule has 5 nitrogen and oxygen atoms in total. The summed E-state index contributed by atoms with van der Waals surface area (Å²) in [6, 6.07) is 7.79. The van der Waals surface area contributed by atoms with Gasteiger partial charge in [0, 0.05) is 26.8 Å². The van der Waals surface area contributed by atoms with Crippen molar-refractivity contribution in [3.8, 4) is 0 Å². The first-order chi connectivity index (χ1) is 9.81. The fourth-order valence-corrected chi connectivity index (χ4v) is 1.80. The van der Waals surface area contributed by atoms with Crippen LogP contribution in [0.1, 0.15) is 24.5 Å². The largest absolute Gasteiger partial charge is 0.392 e. The lowest BCUT2D eigenvalue weighted by Gasteiger charge is -2.11. The zero-order chi connectivity index (χ0) is 14.6. The van der Waals surface area contributed by atoms with Crippen molar-refractivity contribution in [2.75, 3.05) is 26.8 Å². The molecule has 0 unspecified atom stereocenters. The van der Waals surface area contributed by atoms with Gasteiger partial charge in [0.15, 0.2) is 5.96 Å². The van der Waals surface area contributed by atoms with Crippen LogP contribution < -0.4 is 10.6 Å². The van der Waals surface area contributed by atoms with Gasteiger partial charge in [0.25, 0.3) is 0 Å². The van der Waals surface area contributed by atoms with E-state index in [2.05, 4.69) is 15.6 Å². The Hall–Kier alpha value is -1.59. The van der Waals surface area contributed by atoms with Gasteiger partial charge in [0.2, 0.25) is 0 Å². The van der Waals surface area contributed by atoms with E-state index in [1.807, 2.05) is 31.2 Å². The van der Waals surface area contributed by atoms with Gasteiger partial charge in [-0.25, -0.2) is 4.99 Å². The number of nitrogens with one attached hydrogen (secondary N) is 2. The molecule has 112 valence electrons. The second-order valence-corrected chi connectivity index (χ2v) is 4.40. The highest BCUT2D eigenvalue weighted by Gasteiger charge is 2.01. The summed E-state index contributed by atoms with van der Waals surface area (Å²) in [5, 5.41) is 15.8. The predicted octanol–water partition coefficient (Wildman–Crippen LogP) is 1.27. The van der Waals surface area contributed by atoms with Crippen LogP contribution in [0.2, 0.25) is 0 Å². The van der Waals surface area contributed by atoms with Crippen LogP contribution in [-0.4, -0.2) is 37.9 Å². The van der Waals surface area contributed by atoms with Crippen LogP contribution in [0.3, 0.4) is 0 Å². The van der Waals surface area contributed by atoms with Crippen molar-refractivity contribution in [3.05, 3.63) is 35.4 Å². The maximum atomic E-state index is 9.29. The summed E-state index contributed by atoms with van der Waals surface area (Å²) in [6.07, 6.45) is 0.939. The zero-order valence-corrected chi connectivity index (χ0v) is 12.4. The molecule has 20 heavy (non-hydrogen) atoms. The molecule has 0 amide bonds. The highest BCUT2D eigenvalue weighted by Crippen LogP contribution is 2.09. The maximum absolute atomic E-state index is 9.29. The number of hydrogen-bond acceptors (Lipinski definition) is 3. The zero-order valence-electron chi connectivity index (χ0n) is 12.4. The summed E-state index contributed by atoms with van der Waals surface area (Å²) >= 11 is 0. The van der Waals surface area contributed by atoms with Crippen molar-refractivity contribution in [2.45, 2.75) is 26.5 Å². The number of aliphatic hydroxyl groups is 1. The van der Waals surface area contributed by atoms with E-state index in [-0.39, 0.29) is 6.61 Å². The summed E-state index contributed by atoms with van der Waals surface area (Å²) < 4.78 is 5.02. The lowest BCUT2D eigenvalue weighted by molar-refractivity contribution is 0.195. The Labute approximate surface area is 121 Å². The van der Waals surface area contributed by atoms with Crippen molar-refractivity contribution < 1.29 is 9.84 Å². The van der Waals surface area contributed by atoms with Gasteiger partial charge in [-0.3, -0.25) is 0 Å². The van der Waals surface area contributed by atoms with Crippen molar-refractivity contribution >= 4 is 5.96 Å². The predicted molar refractivity (Wildman–Crippen MR) is 81.7 cm³/mol. The molecule has 0 bridgehead atoms. The van der Waals surface area contributed by atoms with E-state index >= 15 is 0 Å². The molecule has 0 heterocycles. The Morgan fingerprint density at radius 3 is 2.65 bits per heavy atom. The number of methoxy groups -OCH3 is 1. The van der Waals surface area contributed by atoms with Crippen molar-refractivity contribution in [1.29, 1.82) is 0 Å². The van der Waals surface area contributed by atoms with Gasteiger partial charge in [0.1, 0.15) is 0 Å². The number of benzene rings is 1. The van der Waals surface area contributed by atoms with Gasteiger partial charge in [-0.15, -0.1) is 0 Å². The van der Waals surface area contributed by atoms with Crippen LogP contribution in [0.4, 0.5) is 0 Å². The van der Waals surface area contributed by atoms with Gasteiger partial charge < -0.3 is 20.5 Å². The molecule has 1 rings (SSSR count). The third kappa shape index (κ3) is 6.04. The molecule has 5 heteroatoms. The van der Waals surface area contributed by atoms with Crippen LogP contribution >= 0.6 is 0 Å². The highest BCUT2D eigenvalue weighted by molar-refractivity contribution is 5.79. The molecule has 0 saturated carbocycles. The molecule has 1 aromatic rings. The van der Waals surface area contributed by atoms with Crippen LogP contribution in [-0.2, 0) is 17.9 Å². The van der Waals surface area contributed by atoms with E-state index in [4.69, 9.17) is 4.74 Å². The van der Waals surface area contributed by atoms with Gasteiger partial charge in [-0.2, -0.15) is 0 Å². The number of guanidine groups is 1. The molecule has 0 radical (unpaired) electrons. The summed E-state index contributed by atoms with van der Waals surface area (Å²) in [4.78, 5) is 4.53. The van der Waals surface area contributed by atoms with Crippen LogP contribution in [0.5, 0.6) is 0 Å². The number of hydrogen-bond donors (Lipinski definition) is 3. The first kappa shape index (κ1) is 16.5. The molecule has 0 fully saturated rings. The number of aliphatic hydroxyl groups excluding tert-OH is 1. The third-order valence-electron chi connectivity index (χ3n) is 2.86. The van der Waals surface area contributed by atoms with Crippen molar-refractivity contribution in [2.24, 2.45) is 4.99 Å². The molecule has 0 saturated heterocycles. The Morgan fingerprint density at radius 2 is 2.00 bits per heavy atom. The third-order valence-corrected chi connectivity index (χ3v) is 2.86. The van der Waals surface area contributed by atoms with Gasteiger partial charge in [-0.1, -0.05) is 24.3 Å². The van der Waals surface area contributed by atoms with E-state index in [1.54, 1.807) is 7.11 Å². The van der Waals surface area contributed by atoms with Gasteiger partial charge in [-0.05, 0) is 24.5 Å². The minimum absolute atomic E-state index is 0.0451. The smallest absolute Gasteiger partial charge is 0.191 e. The lowest BCUT2D eigenvalue weighted by Crippen LogP contribution is -2.38. The van der Waals surface area contributed by atoms with Gasteiger partial charge in [0.05, 0.1) is 13.2 Å². The maximum Gasteiger partial charge on any atom is 0.191 e. The minimum atomic E-state index is 0.0451. The molecule has 0 aliphatic carbocycles. The molecule has 3 N–H and O–H groups in total. The van der Waals surface area contributed by atoms with Crippen LogP contribution in [0.25, 0.3) is 0 Å². The van der Waals surface area contributed by atoms with E-state index in [9.17, 15) is 5.11 Å².